The molecule has 2 rings (SSSR count). The number of aryl methyl sites for hydroxylation is 1. The third-order valence-corrected chi connectivity index (χ3v) is 5.88. The van der Waals surface area contributed by atoms with Crippen LogP contribution in [-0.2, 0) is 18.8 Å². The molecule has 0 fully saturated rings. The Kier molecular flexibility index (Phi) is 6.97. The monoisotopic (exact) mass is 392 g/mol. The van der Waals surface area contributed by atoms with Gasteiger partial charge in [0, 0.05) is 26.7 Å². The number of alkyl halides is 1. The Morgan fingerprint density at radius 2 is 2.15 bits per heavy atom. The van der Waals surface area contributed by atoms with Gasteiger partial charge in [0.1, 0.15) is 0 Å². The minimum Gasteiger partial charge on any atom is -0.301 e. The van der Waals surface area contributed by atoms with Crippen LogP contribution < -0.4 is 0 Å². The van der Waals surface area contributed by atoms with E-state index in [4.69, 9.17) is 11.6 Å². The number of aromatic nitrogens is 1. The second kappa shape index (κ2) is 8.49. The van der Waals surface area contributed by atoms with Crippen molar-refractivity contribution in [3.63, 3.8) is 0 Å². The minimum atomic E-state index is 0.523. The van der Waals surface area contributed by atoms with E-state index >= 15 is 0 Å². The summed E-state index contributed by atoms with van der Waals surface area (Å²) in [5.74, 6) is 0.523. The summed E-state index contributed by atoms with van der Waals surface area (Å²) in [5.41, 5.74) is 1.01. The van der Waals surface area contributed by atoms with Gasteiger partial charge in [-0.1, -0.05) is 0 Å². The summed E-state index contributed by atoms with van der Waals surface area (Å²) in [6, 6.07) is 2.20. The summed E-state index contributed by atoms with van der Waals surface area (Å²) in [7, 11) is 2.18. The summed E-state index contributed by atoms with van der Waals surface area (Å²) >= 11 is 12.8. The van der Waals surface area contributed by atoms with Gasteiger partial charge in [-0.25, -0.2) is 4.98 Å². The van der Waals surface area contributed by atoms with Crippen molar-refractivity contribution >= 4 is 50.2 Å². The molecule has 6 heteroatoms. The first-order valence-corrected chi connectivity index (χ1v) is 9.66. The van der Waals surface area contributed by atoms with Crippen molar-refractivity contribution in [1.29, 1.82) is 0 Å². The van der Waals surface area contributed by atoms with Crippen LogP contribution in [0.2, 0.25) is 0 Å². The quantitative estimate of drug-likeness (QED) is 0.455. The van der Waals surface area contributed by atoms with Gasteiger partial charge < -0.3 is 4.90 Å². The van der Waals surface area contributed by atoms with Gasteiger partial charge in [-0.05, 0) is 54.9 Å². The molecule has 0 bridgehead atoms. The lowest BCUT2D eigenvalue weighted by molar-refractivity contribution is 0.321. The number of unbranched alkanes of at least 4 members (excludes halogenated alkanes) is 1. The predicted molar refractivity (Wildman–Crippen MR) is 93.0 cm³/mol. The molecule has 0 aliphatic carbocycles. The summed E-state index contributed by atoms with van der Waals surface area (Å²) < 4.78 is 1.18. The van der Waals surface area contributed by atoms with Gasteiger partial charge in [-0.3, -0.25) is 0 Å². The molecular weight excluding hydrogens is 376 g/mol. The molecule has 0 unspecified atom stereocenters. The molecule has 0 saturated heterocycles. The van der Waals surface area contributed by atoms with Gasteiger partial charge in [0.2, 0.25) is 0 Å². The second-order valence-electron chi connectivity index (χ2n) is 4.79. The largest absolute Gasteiger partial charge is 0.301 e. The predicted octanol–water partition coefficient (Wildman–Crippen LogP) is 5.16. The van der Waals surface area contributed by atoms with Crippen molar-refractivity contribution in [2.45, 2.75) is 31.7 Å². The number of hydrogen-bond donors (Lipinski definition) is 0. The lowest BCUT2D eigenvalue weighted by Gasteiger charge is -2.14. The van der Waals surface area contributed by atoms with Crippen molar-refractivity contribution in [2.75, 3.05) is 13.6 Å². The van der Waals surface area contributed by atoms with E-state index in [0.717, 1.165) is 25.2 Å². The fraction of sp³-hybridized carbons (Fsp3) is 0.500. The highest BCUT2D eigenvalue weighted by Gasteiger charge is 2.04. The summed E-state index contributed by atoms with van der Waals surface area (Å²) in [6.07, 6.45) is 3.46. The van der Waals surface area contributed by atoms with Crippen LogP contribution in [0.3, 0.4) is 0 Å². The Bertz CT molecular complexity index is 527. The standard InChI is InChI=1S/C14H18BrClN2S2/c1-18(8-13-6-11(15)9-19-13)5-3-2-4-14-17-12(7-16)10-20-14/h6,9-10H,2-5,7-8H2,1H3. The molecule has 0 N–H and O–H groups in total. The molecule has 20 heavy (non-hydrogen) atoms. The third-order valence-electron chi connectivity index (χ3n) is 2.96. The molecule has 0 aliphatic rings. The Morgan fingerprint density at radius 3 is 2.80 bits per heavy atom. The van der Waals surface area contributed by atoms with Crippen molar-refractivity contribution in [3.05, 3.63) is 36.9 Å². The Morgan fingerprint density at radius 1 is 1.30 bits per heavy atom. The van der Waals surface area contributed by atoms with Gasteiger partial charge in [-0.15, -0.1) is 34.3 Å². The van der Waals surface area contributed by atoms with Crippen molar-refractivity contribution in [2.24, 2.45) is 0 Å². The summed E-state index contributed by atoms with van der Waals surface area (Å²) in [6.45, 7) is 2.16. The minimum absolute atomic E-state index is 0.523. The average molecular weight is 394 g/mol. The van der Waals surface area contributed by atoms with Gasteiger partial charge in [-0.2, -0.15) is 0 Å². The molecule has 2 nitrogen and oxygen atoms in total. The molecule has 0 aromatic carbocycles. The first kappa shape index (κ1) is 16.4. The number of hydrogen-bond acceptors (Lipinski definition) is 4. The third kappa shape index (κ3) is 5.45. The Labute approximate surface area is 141 Å². The van der Waals surface area contributed by atoms with Crippen molar-refractivity contribution < 1.29 is 0 Å². The molecular formula is C14H18BrClN2S2. The second-order valence-corrected chi connectivity index (χ2v) is 7.91. The maximum atomic E-state index is 5.76. The lowest BCUT2D eigenvalue weighted by atomic mass is 10.2. The van der Waals surface area contributed by atoms with Crippen molar-refractivity contribution in [1.82, 2.24) is 9.88 Å². The highest BCUT2D eigenvalue weighted by atomic mass is 79.9. The van der Waals surface area contributed by atoms with E-state index in [1.54, 1.807) is 11.3 Å². The molecule has 2 heterocycles. The highest BCUT2D eigenvalue weighted by molar-refractivity contribution is 9.10. The van der Waals surface area contributed by atoms with Gasteiger partial charge in [0.15, 0.2) is 0 Å². The molecule has 0 spiro atoms. The molecule has 110 valence electrons. The fourth-order valence-corrected chi connectivity index (χ4v) is 4.56. The smallest absolute Gasteiger partial charge is 0.0928 e. The summed E-state index contributed by atoms with van der Waals surface area (Å²) in [5, 5.41) is 5.41. The number of thiazole rings is 1. The highest BCUT2D eigenvalue weighted by Crippen LogP contribution is 2.21. The van der Waals surface area contributed by atoms with Gasteiger partial charge >= 0.3 is 0 Å². The van der Waals surface area contributed by atoms with E-state index < -0.39 is 0 Å². The number of nitrogens with zero attached hydrogens (tertiary/aromatic N) is 2. The maximum absolute atomic E-state index is 5.76. The summed E-state index contributed by atoms with van der Waals surface area (Å²) in [4.78, 5) is 8.27. The zero-order valence-corrected chi connectivity index (χ0v) is 15.4. The van der Waals surface area contributed by atoms with E-state index in [1.807, 2.05) is 11.3 Å². The molecule has 0 aliphatic heterocycles. The van der Waals surface area contributed by atoms with E-state index in [-0.39, 0.29) is 0 Å². The molecule has 0 saturated carbocycles. The molecule has 0 amide bonds. The SMILES string of the molecule is CN(CCCCc1nc(CCl)cs1)Cc1cc(Br)cs1. The van der Waals surface area contributed by atoms with Crippen LogP contribution in [0.4, 0.5) is 0 Å². The Hall–Kier alpha value is 0.0600. The number of halogens is 2. The lowest BCUT2D eigenvalue weighted by Crippen LogP contribution is -2.18. The molecule has 0 radical (unpaired) electrons. The zero-order valence-electron chi connectivity index (χ0n) is 11.4. The van der Waals surface area contributed by atoms with Crippen LogP contribution in [0.15, 0.2) is 21.3 Å². The molecule has 2 aromatic heterocycles. The normalized spacial score (nSPS) is 11.4. The van der Waals surface area contributed by atoms with E-state index in [2.05, 4.69) is 49.7 Å². The maximum Gasteiger partial charge on any atom is 0.0928 e. The van der Waals surface area contributed by atoms with Crippen LogP contribution >= 0.6 is 50.2 Å². The zero-order chi connectivity index (χ0) is 14.4. The first-order valence-electron chi connectivity index (χ1n) is 6.58. The van der Waals surface area contributed by atoms with E-state index in [0.29, 0.717) is 5.88 Å². The molecule has 2 aromatic rings. The van der Waals surface area contributed by atoms with Crippen LogP contribution in [0.1, 0.15) is 28.4 Å². The van der Waals surface area contributed by atoms with E-state index in [1.165, 1.54) is 27.2 Å². The van der Waals surface area contributed by atoms with Gasteiger partial charge in [0.25, 0.3) is 0 Å². The van der Waals surface area contributed by atoms with Crippen LogP contribution in [0.25, 0.3) is 0 Å². The number of rotatable bonds is 8. The van der Waals surface area contributed by atoms with Crippen molar-refractivity contribution in [3.8, 4) is 0 Å². The Balaban J connectivity index is 1.62. The fourth-order valence-electron chi connectivity index (χ4n) is 1.96. The first-order chi connectivity index (χ1) is 9.67. The topological polar surface area (TPSA) is 16.1 Å². The number of thiophene rings is 1. The average Bonchev–Trinajstić information content (AvgIpc) is 3.04. The van der Waals surface area contributed by atoms with Crippen LogP contribution in [-0.4, -0.2) is 23.5 Å². The van der Waals surface area contributed by atoms with E-state index in [9.17, 15) is 0 Å². The van der Waals surface area contributed by atoms with Gasteiger partial charge in [0.05, 0.1) is 16.6 Å². The van der Waals surface area contributed by atoms with Crippen LogP contribution in [0.5, 0.6) is 0 Å². The van der Waals surface area contributed by atoms with Crippen LogP contribution in [0, 0.1) is 0 Å². The molecule has 0 atom stereocenters.